The standard InChI is InChI=1S/C13H9N3O3/c17-12-8-6-15-14-5-7(8)11-13(18)19-10-4-2-1-3-9(10)16(11)12/h1-6,11-12,17H. The van der Waals surface area contributed by atoms with Crippen LogP contribution in [0.3, 0.4) is 0 Å². The van der Waals surface area contributed by atoms with E-state index in [4.69, 9.17) is 4.74 Å². The van der Waals surface area contributed by atoms with E-state index in [2.05, 4.69) is 10.2 Å². The SMILES string of the molecule is O=C1Oc2ccccc2N2C(O)c3cnncc3C12. The van der Waals surface area contributed by atoms with Crippen molar-refractivity contribution in [2.75, 3.05) is 4.90 Å². The van der Waals surface area contributed by atoms with E-state index < -0.39 is 18.2 Å². The van der Waals surface area contributed by atoms with Crippen LogP contribution in [0.1, 0.15) is 23.4 Å². The van der Waals surface area contributed by atoms with Crippen LogP contribution in [-0.2, 0) is 4.79 Å². The number of anilines is 1. The number of nitrogens with zero attached hydrogens (tertiary/aromatic N) is 3. The van der Waals surface area contributed by atoms with E-state index in [-0.39, 0.29) is 0 Å². The molecule has 2 atom stereocenters. The molecule has 0 amide bonds. The first kappa shape index (κ1) is 10.5. The highest BCUT2D eigenvalue weighted by Gasteiger charge is 2.47. The zero-order valence-electron chi connectivity index (χ0n) is 9.72. The maximum absolute atomic E-state index is 12.1. The van der Waals surface area contributed by atoms with Gasteiger partial charge >= 0.3 is 5.97 Å². The fourth-order valence-electron chi connectivity index (χ4n) is 2.66. The minimum atomic E-state index is -0.913. The Morgan fingerprint density at radius 2 is 1.89 bits per heavy atom. The molecule has 2 aliphatic rings. The zero-order chi connectivity index (χ0) is 13.0. The lowest BCUT2D eigenvalue weighted by Crippen LogP contribution is -2.37. The molecule has 6 nitrogen and oxygen atoms in total. The summed E-state index contributed by atoms with van der Waals surface area (Å²) < 4.78 is 5.31. The molecule has 2 unspecified atom stereocenters. The Balaban J connectivity index is 1.96. The lowest BCUT2D eigenvalue weighted by molar-refractivity contribution is -0.137. The van der Waals surface area contributed by atoms with Gasteiger partial charge in [-0.2, -0.15) is 10.2 Å². The molecule has 1 aromatic carbocycles. The van der Waals surface area contributed by atoms with Gasteiger partial charge in [0.2, 0.25) is 0 Å². The highest BCUT2D eigenvalue weighted by molar-refractivity contribution is 5.91. The Kier molecular flexibility index (Phi) is 1.94. The largest absolute Gasteiger partial charge is 0.423 e. The summed E-state index contributed by atoms with van der Waals surface area (Å²) in [6.45, 7) is 0. The summed E-state index contributed by atoms with van der Waals surface area (Å²) in [5.41, 5.74) is 1.92. The van der Waals surface area contributed by atoms with Gasteiger partial charge in [-0.3, -0.25) is 0 Å². The van der Waals surface area contributed by atoms with E-state index in [9.17, 15) is 9.90 Å². The van der Waals surface area contributed by atoms with Crippen molar-refractivity contribution in [2.24, 2.45) is 0 Å². The van der Waals surface area contributed by atoms with Gasteiger partial charge < -0.3 is 14.7 Å². The number of ether oxygens (including phenoxy) is 1. The van der Waals surface area contributed by atoms with Gasteiger partial charge in [-0.25, -0.2) is 4.79 Å². The Hall–Kier alpha value is -2.47. The molecule has 3 heterocycles. The van der Waals surface area contributed by atoms with Crippen molar-refractivity contribution in [2.45, 2.75) is 12.3 Å². The van der Waals surface area contributed by atoms with Crippen molar-refractivity contribution in [3.8, 4) is 5.75 Å². The number of hydrogen-bond donors (Lipinski definition) is 1. The Morgan fingerprint density at radius 3 is 2.74 bits per heavy atom. The second-order valence-electron chi connectivity index (χ2n) is 4.47. The third-order valence-corrected chi connectivity index (χ3v) is 3.49. The molecule has 1 N–H and O–H groups in total. The number of rotatable bonds is 0. The lowest BCUT2D eigenvalue weighted by Gasteiger charge is -2.33. The van der Waals surface area contributed by atoms with Crippen LogP contribution >= 0.6 is 0 Å². The van der Waals surface area contributed by atoms with E-state index in [1.807, 2.05) is 12.1 Å². The smallest absolute Gasteiger partial charge is 0.339 e. The van der Waals surface area contributed by atoms with Crippen LogP contribution in [0, 0.1) is 0 Å². The van der Waals surface area contributed by atoms with Crippen LogP contribution < -0.4 is 9.64 Å². The predicted molar refractivity (Wildman–Crippen MR) is 64.3 cm³/mol. The molecule has 2 aliphatic heterocycles. The van der Waals surface area contributed by atoms with E-state index in [0.717, 1.165) is 0 Å². The van der Waals surface area contributed by atoms with Crippen molar-refractivity contribution in [1.82, 2.24) is 10.2 Å². The molecule has 0 fully saturated rings. The molecule has 0 spiro atoms. The third kappa shape index (κ3) is 1.26. The number of benzene rings is 1. The van der Waals surface area contributed by atoms with Gasteiger partial charge in [0.05, 0.1) is 18.1 Å². The fourth-order valence-corrected chi connectivity index (χ4v) is 2.66. The van der Waals surface area contributed by atoms with Gasteiger partial charge in [0.1, 0.15) is 0 Å². The fraction of sp³-hybridized carbons (Fsp3) is 0.154. The van der Waals surface area contributed by atoms with Crippen molar-refractivity contribution in [3.63, 3.8) is 0 Å². The van der Waals surface area contributed by atoms with E-state index in [0.29, 0.717) is 22.6 Å². The molecule has 2 aromatic rings. The average molecular weight is 255 g/mol. The first-order valence-electron chi connectivity index (χ1n) is 5.85. The highest BCUT2D eigenvalue weighted by atomic mass is 16.5. The molecular formula is C13H9N3O3. The summed E-state index contributed by atoms with van der Waals surface area (Å²) in [4.78, 5) is 13.8. The van der Waals surface area contributed by atoms with E-state index in [1.165, 1.54) is 12.4 Å². The third-order valence-electron chi connectivity index (χ3n) is 3.49. The number of fused-ring (bicyclic) bond motifs is 5. The van der Waals surface area contributed by atoms with E-state index in [1.54, 1.807) is 17.0 Å². The molecule has 0 aliphatic carbocycles. The quantitative estimate of drug-likeness (QED) is 0.558. The molecule has 0 radical (unpaired) electrons. The maximum Gasteiger partial charge on any atom is 0.339 e. The summed E-state index contributed by atoms with van der Waals surface area (Å²) in [5.74, 6) is 0.0426. The number of aromatic nitrogens is 2. The number of carbonyl (C=O) groups is 1. The number of para-hydroxylation sites is 2. The monoisotopic (exact) mass is 255 g/mol. The molecular weight excluding hydrogens is 246 g/mol. The lowest BCUT2D eigenvalue weighted by atomic mass is 10.1. The minimum Gasteiger partial charge on any atom is -0.423 e. The van der Waals surface area contributed by atoms with Crippen LogP contribution in [0.2, 0.25) is 0 Å². The van der Waals surface area contributed by atoms with Crippen LogP contribution in [0.15, 0.2) is 36.7 Å². The van der Waals surface area contributed by atoms with Crippen LogP contribution in [0.25, 0.3) is 0 Å². The average Bonchev–Trinajstić information content (AvgIpc) is 2.74. The first-order chi connectivity index (χ1) is 9.27. The Morgan fingerprint density at radius 1 is 1.16 bits per heavy atom. The van der Waals surface area contributed by atoms with Crippen molar-refractivity contribution >= 4 is 11.7 Å². The molecule has 1 aromatic heterocycles. The summed E-state index contributed by atoms with van der Waals surface area (Å²) >= 11 is 0. The van der Waals surface area contributed by atoms with Gasteiger partial charge in [-0.15, -0.1) is 0 Å². The van der Waals surface area contributed by atoms with Crippen molar-refractivity contribution in [3.05, 3.63) is 47.8 Å². The molecule has 19 heavy (non-hydrogen) atoms. The van der Waals surface area contributed by atoms with Crippen LogP contribution in [0.4, 0.5) is 5.69 Å². The second-order valence-corrected chi connectivity index (χ2v) is 4.47. The molecule has 94 valence electrons. The van der Waals surface area contributed by atoms with Crippen LogP contribution in [-0.4, -0.2) is 21.3 Å². The molecule has 4 rings (SSSR count). The molecule has 0 saturated heterocycles. The predicted octanol–water partition coefficient (Wildman–Crippen LogP) is 0.948. The van der Waals surface area contributed by atoms with Crippen molar-refractivity contribution in [1.29, 1.82) is 0 Å². The minimum absolute atomic E-state index is 0.412. The number of carbonyl (C=O) groups excluding carboxylic acids is 1. The number of aliphatic hydroxyl groups excluding tert-OH is 1. The summed E-state index contributed by atoms with van der Waals surface area (Å²) in [6.07, 6.45) is 2.07. The zero-order valence-corrected chi connectivity index (χ0v) is 9.72. The Bertz CT molecular complexity index is 688. The molecule has 0 bridgehead atoms. The highest BCUT2D eigenvalue weighted by Crippen LogP contribution is 2.49. The number of esters is 1. The Labute approximate surface area is 108 Å². The van der Waals surface area contributed by atoms with Gasteiger partial charge in [0.25, 0.3) is 0 Å². The first-order valence-corrected chi connectivity index (χ1v) is 5.85. The number of aliphatic hydroxyl groups is 1. The topological polar surface area (TPSA) is 75.5 Å². The van der Waals surface area contributed by atoms with Gasteiger partial charge in [0, 0.05) is 11.1 Å². The summed E-state index contributed by atoms with van der Waals surface area (Å²) in [6, 6.07) is 6.47. The maximum atomic E-state index is 12.1. The summed E-state index contributed by atoms with van der Waals surface area (Å²) in [5, 5.41) is 17.9. The second kappa shape index (κ2) is 3.52. The van der Waals surface area contributed by atoms with Gasteiger partial charge in [0.15, 0.2) is 18.0 Å². The molecule has 0 saturated carbocycles. The van der Waals surface area contributed by atoms with Gasteiger partial charge in [-0.05, 0) is 12.1 Å². The van der Waals surface area contributed by atoms with Crippen molar-refractivity contribution < 1.29 is 14.6 Å². The van der Waals surface area contributed by atoms with Crippen LogP contribution in [0.5, 0.6) is 5.75 Å². The van der Waals surface area contributed by atoms with Gasteiger partial charge in [-0.1, -0.05) is 12.1 Å². The summed E-state index contributed by atoms with van der Waals surface area (Å²) in [7, 11) is 0. The molecule has 6 heteroatoms. The number of hydrogen-bond acceptors (Lipinski definition) is 6. The normalized spacial score (nSPS) is 23.4. The van der Waals surface area contributed by atoms with E-state index >= 15 is 0 Å².